The van der Waals surface area contributed by atoms with Crippen LogP contribution < -0.4 is 10.7 Å². The van der Waals surface area contributed by atoms with Gasteiger partial charge in [0.15, 0.2) is 11.2 Å². The quantitative estimate of drug-likeness (QED) is 0.523. The summed E-state index contributed by atoms with van der Waals surface area (Å²) >= 11 is 0. The lowest BCUT2D eigenvalue weighted by atomic mass is 9.88. The number of carbonyl (C=O) groups is 1. The molecule has 1 N–H and O–H groups in total. The van der Waals surface area contributed by atoms with Gasteiger partial charge in [-0.15, -0.1) is 0 Å². The first-order chi connectivity index (χ1) is 14.2. The number of benzene rings is 3. The van der Waals surface area contributed by atoms with Crippen molar-refractivity contribution in [1.82, 2.24) is 5.32 Å². The highest BCUT2D eigenvalue weighted by Crippen LogP contribution is 2.27. The van der Waals surface area contributed by atoms with Crippen LogP contribution in [0.25, 0.3) is 11.0 Å². The molecule has 0 aliphatic heterocycles. The Morgan fingerprint density at radius 1 is 0.828 bits per heavy atom. The van der Waals surface area contributed by atoms with Gasteiger partial charge in [-0.25, -0.2) is 0 Å². The van der Waals surface area contributed by atoms with Crippen LogP contribution in [0.3, 0.4) is 0 Å². The molecule has 3 aromatic carbocycles. The fourth-order valence-electron chi connectivity index (χ4n) is 3.53. The second kappa shape index (κ2) is 8.57. The zero-order valence-corrected chi connectivity index (χ0v) is 15.9. The smallest absolute Gasteiger partial charge is 0.287 e. The Balaban J connectivity index is 1.49. The van der Waals surface area contributed by atoms with Gasteiger partial charge in [0, 0.05) is 18.5 Å². The number of fused-ring (bicyclic) bond motifs is 1. The zero-order chi connectivity index (χ0) is 20.1. The fraction of sp³-hybridized carbons (Fsp3) is 0.120. The van der Waals surface area contributed by atoms with Gasteiger partial charge in [-0.3, -0.25) is 9.59 Å². The topological polar surface area (TPSA) is 59.3 Å². The van der Waals surface area contributed by atoms with Gasteiger partial charge in [-0.2, -0.15) is 0 Å². The van der Waals surface area contributed by atoms with Crippen LogP contribution in [-0.2, 0) is 0 Å². The molecule has 4 nitrogen and oxygen atoms in total. The van der Waals surface area contributed by atoms with Gasteiger partial charge >= 0.3 is 0 Å². The lowest BCUT2D eigenvalue weighted by Crippen LogP contribution is -2.26. The van der Waals surface area contributed by atoms with E-state index in [4.69, 9.17) is 4.42 Å². The molecule has 4 aromatic rings. The molecular weight excluding hydrogens is 362 g/mol. The van der Waals surface area contributed by atoms with Crippen molar-refractivity contribution >= 4 is 16.9 Å². The molecule has 1 aromatic heterocycles. The predicted octanol–water partition coefficient (Wildman–Crippen LogP) is 4.75. The Labute approximate surface area is 168 Å². The molecule has 0 radical (unpaired) electrons. The van der Waals surface area contributed by atoms with Crippen LogP contribution >= 0.6 is 0 Å². The van der Waals surface area contributed by atoms with Crippen LogP contribution in [0.15, 0.2) is 100 Å². The normalized spacial score (nSPS) is 10.9. The molecule has 0 bridgehead atoms. The van der Waals surface area contributed by atoms with Crippen LogP contribution in [0.4, 0.5) is 0 Å². The molecular formula is C25H21NO3. The number of hydrogen-bond donors (Lipinski definition) is 1. The van der Waals surface area contributed by atoms with Crippen molar-refractivity contribution in [2.75, 3.05) is 6.54 Å². The third-order valence-electron chi connectivity index (χ3n) is 4.98. The van der Waals surface area contributed by atoms with E-state index in [0.29, 0.717) is 17.5 Å². The Hall–Kier alpha value is -3.66. The van der Waals surface area contributed by atoms with Crippen LogP contribution in [0, 0.1) is 0 Å². The number of nitrogens with one attached hydrogen (secondary N) is 1. The van der Waals surface area contributed by atoms with Crippen molar-refractivity contribution in [3.8, 4) is 0 Å². The number of rotatable bonds is 6. The zero-order valence-electron chi connectivity index (χ0n) is 15.9. The van der Waals surface area contributed by atoms with Crippen molar-refractivity contribution in [2.24, 2.45) is 0 Å². The molecule has 0 unspecified atom stereocenters. The highest BCUT2D eigenvalue weighted by Gasteiger charge is 2.16. The van der Waals surface area contributed by atoms with E-state index < -0.39 is 0 Å². The van der Waals surface area contributed by atoms with Gasteiger partial charge in [-0.1, -0.05) is 72.8 Å². The number of carbonyl (C=O) groups excluding carboxylic acids is 1. The summed E-state index contributed by atoms with van der Waals surface area (Å²) < 4.78 is 5.62. The molecule has 0 atom stereocenters. The minimum atomic E-state index is -0.382. The molecule has 0 saturated carbocycles. The van der Waals surface area contributed by atoms with E-state index in [1.165, 1.54) is 17.2 Å². The van der Waals surface area contributed by atoms with E-state index in [1.807, 2.05) is 36.4 Å². The van der Waals surface area contributed by atoms with E-state index in [-0.39, 0.29) is 23.0 Å². The molecule has 144 valence electrons. The van der Waals surface area contributed by atoms with E-state index in [2.05, 4.69) is 29.6 Å². The number of hydrogen-bond acceptors (Lipinski definition) is 3. The lowest BCUT2D eigenvalue weighted by Gasteiger charge is -2.18. The maximum Gasteiger partial charge on any atom is 0.287 e. The first-order valence-electron chi connectivity index (χ1n) is 9.63. The summed E-state index contributed by atoms with van der Waals surface area (Å²) in [7, 11) is 0. The van der Waals surface area contributed by atoms with E-state index in [0.717, 1.165) is 6.42 Å². The van der Waals surface area contributed by atoms with E-state index in [1.54, 1.807) is 24.3 Å². The molecule has 4 heteroatoms. The third-order valence-corrected chi connectivity index (χ3v) is 4.98. The van der Waals surface area contributed by atoms with Gasteiger partial charge in [0.1, 0.15) is 5.58 Å². The predicted molar refractivity (Wildman–Crippen MR) is 114 cm³/mol. The number of amides is 1. The Morgan fingerprint density at radius 3 is 2.07 bits per heavy atom. The maximum atomic E-state index is 12.6. The van der Waals surface area contributed by atoms with Crippen LogP contribution in [0.5, 0.6) is 0 Å². The monoisotopic (exact) mass is 383 g/mol. The summed E-state index contributed by atoms with van der Waals surface area (Å²) in [6, 6.07) is 28.6. The Bertz CT molecular complexity index is 1130. The first-order valence-corrected chi connectivity index (χ1v) is 9.63. The Morgan fingerprint density at radius 2 is 1.41 bits per heavy atom. The Kier molecular flexibility index (Phi) is 5.52. The van der Waals surface area contributed by atoms with Gasteiger partial charge in [-0.05, 0) is 29.7 Å². The second-order valence-corrected chi connectivity index (χ2v) is 6.89. The largest absolute Gasteiger partial charge is 0.451 e. The van der Waals surface area contributed by atoms with Crippen molar-refractivity contribution in [1.29, 1.82) is 0 Å². The SMILES string of the molecule is O=C(NCCC(c1ccccc1)c1ccccc1)c1cc(=O)c2ccccc2o1. The van der Waals surface area contributed by atoms with Crippen molar-refractivity contribution in [3.05, 3.63) is 118 Å². The van der Waals surface area contributed by atoms with Crippen molar-refractivity contribution in [2.45, 2.75) is 12.3 Å². The van der Waals surface area contributed by atoms with Crippen LogP contribution in [-0.4, -0.2) is 12.5 Å². The summed E-state index contributed by atoms with van der Waals surface area (Å²) in [5.41, 5.74) is 2.59. The van der Waals surface area contributed by atoms with Gasteiger partial charge in [0.25, 0.3) is 5.91 Å². The fourth-order valence-corrected chi connectivity index (χ4v) is 3.53. The molecule has 29 heavy (non-hydrogen) atoms. The second-order valence-electron chi connectivity index (χ2n) is 6.89. The molecule has 0 aliphatic carbocycles. The van der Waals surface area contributed by atoms with Gasteiger partial charge in [0.2, 0.25) is 0 Å². The van der Waals surface area contributed by atoms with E-state index >= 15 is 0 Å². The standard InChI is InChI=1S/C25H21NO3/c27-22-17-24(29-23-14-8-7-13-21(22)23)25(28)26-16-15-20(18-9-3-1-4-10-18)19-11-5-2-6-12-19/h1-14,17,20H,15-16H2,(H,26,28). The van der Waals surface area contributed by atoms with Crippen LogP contribution in [0.2, 0.25) is 0 Å². The highest BCUT2D eigenvalue weighted by molar-refractivity contribution is 5.93. The molecule has 0 saturated heterocycles. The summed E-state index contributed by atoms with van der Waals surface area (Å²) in [5.74, 6) is -0.182. The molecule has 4 rings (SSSR count). The lowest BCUT2D eigenvalue weighted by molar-refractivity contribution is 0.0925. The van der Waals surface area contributed by atoms with Crippen molar-refractivity contribution in [3.63, 3.8) is 0 Å². The molecule has 0 spiro atoms. The minimum Gasteiger partial charge on any atom is -0.451 e. The summed E-state index contributed by atoms with van der Waals surface area (Å²) in [6.07, 6.45) is 0.734. The van der Waals surface area contributed by atoms with Crippen LogP contribution in [0.1, 0.15) is 34.0 Å². The molecule has 0 aliphatic rings. The van der Waals surface area contributed by atoms with Gasteiger partial charge in [0.05, 0.1) is 5.39 Å². The highest BCUT2D eigenvalue weighted by atomic mass is 16.3. The molecule has 1 heterocycles. The average molecular weight is 383 g/mol. The van der Waals surface area contributed by atoms with Crippen molar-refractivity contribution < 1.29 is 9.21 Å². The maximum absolute atomic E-state index is 12.6. The third kappa shape index (κ3) is 4.27. The van der Waals surface area contributed by atoms with E-state index in [9.17, 15) is 9.59 Å². The van der Waals surface area contributed by atoms with Gasteiger partial charge < -0.3 is 9.73 Å². The summed E-state index contributed by atoms with van der Waals surface area (Å²) in [4.78, 5) is 24.8. The molecule has 1 amide bonds. The first kappa shape index (κ1) is 18.7. The summed E-state index contributed by atoms with van der Waals surface area (Å²) in [6.45, 7) is 0.462. The summed E-state index contributed by atoms with van der Waals surface area (Å²) in [5, 5.41) is 3.36. The average Bonchev–Trinajstić information content (AvgIpc) is 2.78. The minimum absolute atomic E-state index is 0.0321. The molecule has 0 fully saturated rings. The number of para-hydroxylation sites is 1.